The van der Waals surface area contributed by atoms with E-state index < -0.39 is 24.6 Å². The first-order valence-corrected chi connectivity index (χ1v) is 8.34. The van der Waals surface area contributed by atoms with Crippen LogP contribution in [0.5, 0.6) is 0 Å². The van der Waals surface area contributed by atoms with E-state index in [4.69, 9.17) is 23.2 Å². The number of nitrogens with one attached hydrogen (secondary N) is 1. The highest BCUT2D eigenvalue weighted by Crippen LogP contribution is 2.40. The van der Waals surface area contributed by atoms with Crippen LogP contribution in [0.1, 0.15) is 12.5 Å². The Morgan fingerprint density at radius 2 is 2.00 bits per heavy atom. The van der Waals surface area contributed by atoms with E-state index in [-0.39, 0.29) is 38.3 Å². The molecule has 3 aromatic rings. The molecule has 0 saturated carbocycles. The lowest BCUT2D eigenvalue weighted by molar-refractivity contribution is -0.138. The van der Waals surface area contributed by atoms with E-state index in [0.717, 1.165) is 23.6 Å². The molecule has 144 valence electrons. The first-order valence-electron chi connectivity index (χ1n) is 7.59. The number of benzene rings is 1. The molecule has 2 aromatic heterocycles. The summed E-state index contributed by atoms with van der Waals surface area (Å²) in [6, 6.07) is 1.43. The molecular formula is C16H12Cl2F4N4O. The molecule has 27 heavy (non-hydrogen) atoms. The Labute approximate surface area is 160 Å². The highest BCUT2D eigenvalue weighted by Gasteiger charge is 2.37. The molecule has 2 N–H and O–H groups in total. The number of aliphatic hydroxyl groups excluding tert-OH is 1. The molecule has 0 fully saturated rings. The minimum Gasteiger partial charge on any atom is -0.391 e. The highest BCUT2D eigenvalue weighted by atomic mass is 35.5. The molecule has 1 atom stereocenters. The molecule has 0 spiro atoms. The van der Waals surface area contributed by atoms with Crippen molar-refractivity contribution in [3.05, 3.63) is 46.0 Å². The lowest BCUT2D eigenvalue weighted by Crippen LogP contribution is -2.34. The van der Waals surface area contributed by atoms with Crippen molar-refractivity contribution in [3.8, 4) is 11.1 Å². The lowest BCUT2D eigenvalue weighted by atomic mass is 10.1. The molecule has 0 saturated heterocycles. The predicted molar refractivity (Wildman–Crippen MR) is 93.5 cm³/mol. The van der Waals surface area contributed by atoms with E-state index in [1.807, 2.05) is 0 Å². The molecule has 0 amide bonds. The third kappa shape index (κ3) is 3.67. The number of aliphatic hydroxyl groups is 1. The molecule has 5 nitrogen and oxygen atoms in total. The van der Waals surface area contributed by atoms with Crippen molar-refractivity contribution in [3.63, 3.8) is 0 Å². The van der Waals surface area contributed by atoms with Crippen LogP contribution in [0.25, 0.3) is 16.8 Å². The Morgan fingerprint density at radius 3 is 2.59 bits per heavy atom. The summed E-state index contributed by atoms with van der Waals surface area (Å²) < 4.78 is 53.8. The van der Waals surface area contributed by atoms with Gasteiger partial charge in [-0.05, 0) is 25.1 Å². The molecule has 2 heterocycles. The Morgan fingerprint density at radius 1 is 1.30 bits per heavy atom. The molecule has 3 rings (SSSR count). The normalized spacial score (nSPS) is 13.2. The van der Waals surface area contributed by atoms with Crippen LogP contribution in [0.2, 0.25) is 10.2 Å². The van der Waals surface area contributed by atoms with Crippen LogP contribution in [0.4, 0.5) is 23.4 Å². The molecule has 0 aliphatic heterocycles. The zero-order chi connectivity index (χ0) is 19.9. The summed E-state index contributed by atoms with van der Waals surface area (Å²) in [5, 5.41) is 15.5. The van der Waals surface area contributed by atoms with Crippen molar-refractivity contribution in [2.24, 2.45) is 0 Å². The Balaban J connectivity index is 2.31. The van der Waals surface area contributed by atoms with Crippen molar-refractivity contribution >= 4 is 34.7 Å². The van der Waals surface area contributed by atoms with Crippen LogP contribution >= 0.6 is 23.2 Å². The quantitative estimate of drug-likeness (QED) is 0.472. The zero-order valence-corrected chi connectivity index (χ0v) is 15.2. The monoisotopic (exact) mass is 422 g/mol. The van der Waals surface area contributed by atoms with Crippen molar-refractivity contribution in [2.75, 3.05) is 5.32 Å². The largest absolute Gasteiger partial charge is 0.408 e. The van der Waals surface area contributed by atoms with E-state index in [0.29, 0.717) is 0 Å². The van der Waals surface area contributed by atoms with Crippen LogP contribution in [-0.2, 0) is 6.61 Å². The number of anilines is 1. The number of alkyl halides is 3. The highest BCUT2D eigenvalue weighted by molar-refractivity contribution is 6.36. The van der Waals surface area contributed by atoms with Gasteiger partial charge >= 0.3 is 6.18 Å². The molecule has 11 heteroatoms. The average molecular weight is 423 g/mol. The Bertz CT molecular complexity index is 1010. The summed E-state index contributed by atoms with van der Waals surface area (Å²) in [6.45, 7) is 0.490. The second-order valence-electron chi connectivity index (χ2n) is 5.72. The first kappa shape index (κ1) is 19.7. The van der Waals surface area contributed by atoms with Crippen LogP contribution in [0.3, 0.4) is 0 Å². The molecule has 0 aliphatic carbocycles. The minimum atomic E-state index is -4.56. The number of halogens is 6. The van der Waals surface area contributed by atoms with E-state index in [1.165, 1.54) is 12.3 Å². The van der Waals surface area contributed by atoms with Gasteiger partial charge in [-0.25, -0.2) is 9.37 Å². The number of hydrogen-bond acceptors (Lipinski definition) is 4. The summed E-state index contributed by atoms with van der Waals surface area (Å²) in [6.07, 6.45) is -3.29. The van der Waals surface area contributed by atoms with Gasteiger partial charge in [-0.15, -0.1) is 0 Å². The molecule has 1 aromatic carbocycles. The minimum absolute atomic E-state index is 0.0258. The topological polar surface area (TPSA) is 62.5 Å². The lowest BCUT2D eigenvalue weighted by Gasteiger charge is -2.22. The van der Waals surface area contributed by atoms with Crippen LogP contribution in [0.15, 0.2) is 24.4 Å². The van der Waals surface area contributed by atoms with E-state index >= 15 is 0 Å². The SMILES string of the molecule is CC(Nc1c(-c2ccc(F)cc2Cl)c(Cl)nc2c(CO)cnn12)C(F)(F)F. The van der Waals surface area contributed by atoms with Crippen LogP contribution in [0, 0.1) is 5.82 Å². The van der Waals surface area contributed by atoms with Crippen molar-refractivity contribution < 1.29 is 22.7 Å². The molecule has 1 unspecified atom stereocenters. The number of hydrogen-bond donors (Lipinski definition) is 2. The summed E-state index contributed by atoms with van der Waals surface area (Å²) in [5.41, 5.74) is 0.561. The third-order valence-corrected chi connectivity index (χ3v) is 4.48. The van der Waals surface area contributed by atoms with Gasteiger partial charge in [0.1, 0.15) is 22.8 Å². The average Bonchev–Trinajstić information content (AvgIpc) is 2.97. The second-order valence-corrected chi connectivity index (χ2v) is 6.49. The van der Waals surface area contributed by atoms with Gasteiger partial charge in [0.25, 0.3) is 0 Å². The number of rotatable bonds is 4. The van der Waals surface area contributed by atoms with E-state index in [2.05, 4.69) is 15.4 Å². The molecule has 0 radical (unpaired) electrons. The van der Waals surface area contributed by atoms with Crippen molar-refractivity contribution in [1.29, 1.82) is 0 Å². The fourth-order valence-electron chi connectivity index (χ4n) is 2.47. The van der Waals surface area contributed by atoms with Gasteiger partial charge in [-0.3, -0.25) is 0 Å². The molecule has 0 aliphatic rings. The van der Waals surface area contributed by atoms with Crippen LogP contribution in [-0.4, -0.2) is 31.9 Å². The van der Waals surface area contributed by atoms with Gasteiger partial charge in [0, 0.05) is 11.1 Å². The maximum atomic E-state index is 13.4. The second kappa shape index (κ2) is 7.14. The molecular weight excluding hydrogens is 411 g/mol. The smallest absolute Gasteiger partial charge is 0.391 e. The fourth-order valence-corrected chi connectivity index (χ4v) is 3.01. The van der Waals surface area contributed by atoms with Crippen molar-refractivity contribution in [1.82, 2.24) is 14.6 Å². The summed E-state index contributed by atoms with van der Waals surface area (Å²) in [4.78, 5) is 4.11. The van der Waals surface area contributed by atoms with Gasteiger partial charge in [0.2, 0.25) is 0 Å². The number of fused-ring (bicyclic) bond motifs is 1. The summed E-state index contributed by atoms with van der Waals surface area (Å²) in [7, 11) is 0. The first-order chi connectivity index (χ1) is 12.6. The zero-order valence-electron chi connectivity index (χ0n) is 13.7. The third-order valence-electron chi connectivity index (χ3n) is 3.89. The number of nitrogens with zero attached hydrogens (tertiary/aromatic N) is 3. The van der Waals surface area contributed by atoms with Crippen molar-refractivity contribution in [2.45, 2.75) is 25.7 Å². The Kier molecular flexibility index (Phi) is 5.20. The fraction of sp³-hybridized carbons (Fsp3) is 0.250. The standard InChI is InChI=1S/C16H12Cl2F4N4O/c1-7(16(20,21)22)24-15-12(10-3-2-9(19)4-11(10)17)13(18)25-14-8(6-27)5-23-26(14)15/h2-5,7,24,27H,6H2,1H3. The maximum Gasteiger partial charge on any atom is 0.408 e. The van der Waals surface area contributed by atoms with Crippen LogP contribution < -0.4 is 5.32 Å². The Hall–Kier alpha value is -2.10. The van der Waals surface area contributed by atoms with E-state index in [9.17, 15) is 22.7 Å². The number of aromatic nitrogens is 3. The van der Waals surface area contributed by atoms with Gasteiger partial charge in [0.15, 0.2) is 5.65 Å². The predicted octanol–water partition coefficient (Wildman–Crippen LogP) is 4.70. The summed E-state index contributed by atoms with van der Waals surface area (Å²) in [5.74, 6) is -0.753. The summed E-state index contributed by atoms with van der Waals surface area (Å²) >= 11 is 12.3. The van der Waals surface area contributed by atoms with E-state index in [1.54, 1.807) is 0 Å². The molecule has 0 bridgehead atoms. The van der Waals surface area contributed by atoms with Gasteiger partial charge in [0.05, 0.1) is 23.4 Å². The van der Waals surface area contributed by atoms with Gasteiger partial charge in [-0.2, -0.15) is 22.8 Å². The maximum absolute atomic E-state index is 13.4. The van der Waals surface area contributed by atoms with Gasteiger partial charge in [-0.1, -0.05) is 23.2 Å². The van der Waals surface area contributed by atoms with Gasteiger partial charge < -0.3 is 10.4 Å².